The molecule has 0 aliphatic carbocycles. The van der Waals surface area contributed by atoms with E-state index in [0.29, 0.717) is 5.39 Å². The lowest BCUT2D eigenvalue weighted by atomic mass is 9.93. The van der Waals surface area contributed by atoms with Gasteiger partial charge < -0.3 is 4.74 Å². The molecular weight excluding hydrogens is 562 g/mol. The largest absolute Gasteiger partial charge is 0.456 e. The SMILES string of the molecule is O=c1c2ccccc2c2cccc3c2n1-c1ccccc1-c1cc(-c2ccccc2)ccc1Oc1ccc(-c2ccccc2)cc1-3. The molecule has 7 aromatic carbocycles. The molecule has 3 nitrogen and oxygen atoms in total. The first-order valence-electron chi connectivity index (χ1n) is 15.5. The van der Waals surface area contributed by atoms with E-state index in [-0.39, 0.29) is 5.56 Å². The van der Waals surface area contributed by atoms with Gasteiger partial charge >= 0.3 is 0 Å². The number of benzene rings is 7. The first-order valence-corrected chi connectivity index (χ1v) is 15.5. The fourth-order valence-corrected chi connectivity index (χ4v) is 6.87. The van der Waals surface area contributed by atoms with E-state index >= 15 is 0 Å². The number of hydrogen-bond acceptors (Lipinski definition) is 2. The van der Waals surface area contributed by atoms with Gasteiger partial charge in [0, 0.05) is 33.0 Å². The molecule has 0 radical (unpaired) electrons. The lowest BCUT2D eigenvalue weighted by Crippen LogP contribution is -2.20. The van der Waals surface area contributed by atoms with Crippen LogP contribution in [0.1, 0.15) is 0 Å². The molecule has 3 heteroatoms. The molecule has 46 heavy (non-hydrogen) atoms. The van der Waals surface area contributed by atoms with Gasteiger partial charge in [-0.1, -0.05) is 127 Å². The molecule has 0 fully saturated rings. The highest BCUT2D eigenvalue weighted by Crippen LogP contribution is 2.46. The zero-order valence-corrected chi connectivity index (χ0v) is 24.9. The van der Waals surface area contributed by atoms with Gasteiger partial charge in [-0.25, -0.2) is 0 Å². The maximum Gasteiger partial charge on any atom is 0.263 e. The second-order valence-electron chi connectivity index (χ2n) is 11.7. The van der Waals surface area contributed by atoms with Crippen molar-refractivity contribution in [2.45, 2.75) is 0 Å². The minimum atomic E-state index is -0.0500. The average Bonchev–Trinajstić information content (AvgIpc) is 3.13. The molecule has 1 aromatic heterocycles. The number of rotatable bonds is 2. The summed E-state index contributed by atoms with van der Waals surface area (Å²) in [4.78, 5) is 14.7. The summed E-state index contributed by atoms with van der Waals surface area (Å²) in [5, 5.41) is 2.63. The van der Waals surface area contributed by atoms with Gasteiger partial charge in [0.05, 0.1) is 11.2 Å². The molecule has 9 rings (SSSR count). The van der Waals surface area contributed by atoms with E-state index in [4.69, 9.17) is 4.74 Å². The van der Waals surface area contributed by atoms with Crippen molar-refractivity contribution in [2.75, 3.05) is 0 Å². The molecule has 216 valence electrons. The Morgan fingerprint density at radius 3 is 1.59 bits per heavy atom. The van der Waals surface area contributed by atoms with Crippen molar-refractivity contribution in [1.82, 2.24) is 4.57 Å². The highest BCUT2D eigenvalue weighted by Gasteiger charge is 2.24. The topological polar surface area (TPSA) is 31.2 Å². The number of aromatic nitrogens is 1. The van der Waals surface area contributed by atoms with E-state index in [1.807, 2.05) is 59.2 Å². The van der Waals surface area contributed by atoms with Crippen molar-refractivity contribution in [2.24, 2.45) is 0 Å². The van der Waals surface area contributed by atoms with Crippen molar-refractivity contribution in [3.8, 4) is 61.7 Å². The van der Waals surface area contributed by atoms with Crippen LogP contribution in [0.3, 0.4) is 0 Å². The number of fused-ring (bicyclic) bond motifs is 8. The third-order valence-corrected chi connectivity index (χ3v) is 9.03. The quantitative estimate of drug-likeness (QED) is 0.188. The summed E-state index contributed by atoms with van der Waals surface area (Å²) in [6, 6.07) is 55.8. The molecule has 0 atom stereocenters. The Morgan fingerprint density at radius 2 is 0.913 bits per heavy atom. The first kappa shape index (κ1) is 26.2. The third kappa shape index (κ3) is 4.10. The monoisotopic (exact) mass is 589 g/mol. The first-order chi connectivity index (χ1) is 22.7. The van der Waals surface area contributed by atoms with E-state index in [9.17, 15) is 4.79 Å². The van der Waals surface area contributed by atoms with Crippen molar-refractivity contribution >= 4 is 21.7 Å². The van der Waals surface area contributed by atoms with Gasteiger partial charge in [0.2, 0.25) is 0 Å². The van der Waals surface area contributed by atoms with Crippen LogP contribution in [0.5, 0.6) is 11.5 Å². The van der Waals surface area contributed by atoms with Crippen molar-refractivity contribution in [1.29, 1.82) is 0 Å². The molecule has 0 unspecified atom stereocenters. The van der Waals surface area contributed by atoms with Gasteiger partial charge in [-0.3, -0.25) is 9.36 Å². The van der Waals surface area contributed by atoms with Gasteiger partial charge in [-0.2, -0.15) is 0 Å². The maximum atomic E-state index is 14.7. The Balaban J connectivity index is 1.46. The minimum Gasteiger partial charge on any atom is -0.456 e. The van der Waals surface area contributed by atoms with E-state index in [1.165, 1.54) is 0 Å². The highest BCUT2D eigenvalue weighted by molar-refractivity contribution is 6.11. The van der Waals surface area contributed by atoms with E-state index in [1.54, 1.807) is 0 Å². The molecule has 0 saturated carbocycles. The number of hydrogen-bond donors (Lipinski definition) is 0. The molecule has 0 spiro atoms. The van der Waals surface area contributed by atoms with Crippen LogP contribution >= 0.6 is 0 Å². The third-order valence-electron chi connectivity index (χ3n) is 9.03. The van der Waals surface area contributed by atoms with Crippen LogP contribution in [-0.4, -0.2) is 4.57 Å². The van der Waals surface area contributed by atoms with Gasteiger partial charge in [0.15, 0.2) is 0 Å². The highest BCUT2D eigenvalue weighted by atomic mass is 16.5. The lowest BCUT2D eigenvalue weighted by molar-refractivity contribution is 0.486. The Kier molecular flexibility index (Phi) is 5.97. The predicted molar refractivity (Wildman–Crippen MR) is 189 cm³/mol. The van der Waals surface area contributed by atoms with E-state index < -0.39 is 0 Å². The fourth-order valence-electron chi connectivity index (χ4n) is 6.87. The fraction of sp³-hybridized carbons (Fsp3) is 0. The molecular formula is C43H27NO2. The standard InChI is InChI=1S/C43H27NO2/c45-43-36-18-8-7-16-32(36)34-19-11-20-35-38-27-31(29-14-5-2-6-15-29)23-25-41(38)46-40-24-22-30(28-12-3-1-4-13-28)26-37(40)33-17-9-10-21-39(33)44(43)42(34)35/h1-27H. The average molecular weight is 590 g/mol. The molecule has 8 aromatic rings. The number of pyridine rings is 1. The lowest BCUT2D eigenvalue weighted by Gasteiger charge is -2.24. The van der Waals surface area contributed by atoms with Crippen LogP contribution in [0.4, 0.5) is 0 Å². The Bertz CT molecular complexity index is 2510. The van der Waals surface area contributed by atoms with Gasteiger partial charge in [-0.05, 0) is 64.0 Å². The Labute approximate surface area is 266 Å². The normalized spacial score (nSPS) is 11.7. The summed E-state index contributed by atoms with van der Waals surface area (Å²) in [5.41, 5.74) is 9.71. The summed E-state index contributed by atoms with van der Waals surface area (Å²) in [7, 11) is 0. The second kappa shape index (κ2) is 10.5. The molecule has 2 heterocycles. The van der Waals surface area contributed by atoms with Crippen LogP contribution in [0.25, 0.3) is 71.9 Å². The van der Waals surface area contributed by atoms with Crippen LogP contribution in [0, 0.1) is 0 Å². The predicted octanol–water partition coefficient (Wildman–Crippen LogP) is 10.9. The van der Waals surface area contributed by atoms with Crippen molar-refractivity contribution in [3.63, 3.8) is 0 Å². The number of para-hydroxylation sites is 2. The molecule has 0 amide bonds. The van der Waals surface area contributed by atoms with Crippen molar-refractivity contribution < 1.29 is 4.74 Å². The van der Waals surface area contributed by atoms with E-state index in [0.717, 1.165) is 78.0 Å². The minimum absolute atomic E-state index is 0.0500. The van der Waals surface area contributed by atoms with Crippen molar-refractivity contribution in [3.05, 3.63) is 174 Å². The molecule has 0 saturated heterocycles. The summed E-state index contributed by atoms with van der Waals surface area (Å²) >= 11 is 0. The van der Waals surface area contributed by atoms with Crippen LogP contribution in [0.2, 0.25) is 0 Å². The Hall–Kier alpha value is -6.19. The Morgan fingerprint density at radius 1 is 0.391 bits per heavy atom. The second-order valence-corrected chi connectivity index (χ2v) is 11.7. The zero-order chi connectivity index (χ0) is 30.6. The summed E-state index contributed by atoms with van der Waals surface area (Å²) in [6.45, 7) is 0. The molecule has 0 N–H and O–H groups in total. The van der Waals surface area contributed by atoms with Gasteiger partial charge in [0.1, 0.15) is 11.5 Å². The van der Waals surface area contributed by atoms with Crippen LogP contribution in [-0.2, 0) is 0 Å². The summed E-state index contributed by atoms with van der Waals surface area (Å²) < 4.78 is 8.86. The zero-order valence-electron chi connectivity index (χ0n) is 24.9. The summed E-state index contributed by atoms with van der Waals surface area (Å²) in [5.74, 6) is 1.46. The van der Waals surface area contributed by atoms with Crippen LogP contribution < -0.4 is 10.3 Å². The number of nitrogens with zero attached hydrogens (tertiary/aromatic N) is 1. The van der Waals surface area contributed by atoms with Gasteiger partial charge in [-0.15, -0.1) is 0 Å². The molecule has 1 aliphatic rings. The summed E-state index contributed by atoms with van der Waals surface area (Å²) in [6.07, 6.45) is 0. The van der Waals surface area contributed by atoms with E-state index in [2.05, 4.69) is 109 Å². The number of ether oxygens (including phenoxy) is 1. The molecule has 1 aliphatic heterocycles. The van der Waals surface area contributed by atoms with Gasteiger partial charge in [0.25, 0.3) is 5.56 Å². The van der Waals surface area contributed by atoms with Crippen LogP contribution in [0.15, 0.2) is 169 Å². The molecule has 0 bridgehead atoms. The smallest absolute Gasteiger partial charge is 0.263 e. The maximum absolute atomic E-state index is 14.7.